The minimum Gasteiger partial charge on any atom is -0.382 e. The van der Waals surface area contributed by atoms with Crippen LogP contribution in [0.3, 0.4) is 0 Å². The fraction of sp³-hybridized carbons (Fsp3) is 0.714. The molecule has 0 aromatic carbocycles. The maximum absolute atomic E-state index is 12.3. The van der Waals surface area contributed by atoms with E-state index in [4.69, 9.17) is 5.73 Å². The summed E-state index contributed by atoms with van der Waals surface area (Å²) in [4.78, 5) is 21.7. The van der Waals surface area contributed by atoms with Crippen LogP contribution < -0.4 is 16.0 Å². The second-order valence-corrected chi connectivity index (χ2v) is 7.17. The second kappa shape index (κ2) is 6.19. The number of carbonyl (C=O) groups is 1. The van der Waals surface area contributed by atoms with Crippen molar-refractivity contribution >= 4 is 28.2 Å². The fourth-order valence-electron chi connectivity index (χ4n) is 2.07. The quantitative estimate of drug-likeness (QED) is 0.879. The number of nitrogen functional groups attached to an aromatic ring is 1. The highest BCUT2D eigenvalue weighted by Crippen LogP contribution is 2.29. The Morgan fingerprint density at radius 3 is 2.57 bits per heavy atom. The van der Waals surface area contributed by atoms with Gasteiger partial charge in [-0.2, -0.15) is 0 Å². The molecule has 0 atom stereocenters. The lowest BCUT2D eigenvalue weighted by atomic mass is 10.0. The second-order valence-electron chi connectivity index (χ2n) is 6.19. The summed E-state index contributed by atoms with van der Waals surface area (Å²) < 4.78 is 0. The number of piperazine rings is 1. The van der Waals surface area contributed by atoms with Gasteiger partial charge in [0.1, 0.15) is 10.7 Å². The average molecular weight is 311 g/mol. The number of thiazole rings is 1. The maximum atomic E-state index is 12.3. The van der Waals surface area contributed by atoms with Gasteiger partial charge in [-0.25, -0.2) is 4.98 Å². The van der Waals surface area contributed by atoms with Gasteiger partial charge in [-0.1, -0.05) is 18.3 Å². The molecule has 118 valence electrons. The number of anilines is 2. The van der Waals surface area contributed by atoms with Crippen LogP contribution in [0, 0.1) is 0 Å². The number of hydrogen-bond donors (Lipinski definition) is 2. The zero-order valence-corrected chi connectivity index (χ0v) is 14.1. The van der Waals surface area contributed by atoms with Crippen LogP contribution in [0.2, 0.25) is 0 Å². The summed E-state index contributed by atoms with van der Waals surface area (Å²) in [7, 11) is 2.11. The Morgan fingerprint density at radius 1 is 1.38 bits per heavy atom. The molecule has 3 N–H and O–H groups in total. The number of nitrogens with two attached hydrogens (primary N) is 1. The van der Waals surface area contributed by atoms with E-state index in [2.05, 4.69) is 27.1 Å². The molecule has 1 aromatic heterocycles. The van der Waals surface area contributed by atoms with E-state index in [1.54, 1.807) is 0 Å². The van der Waals surface area contributed by atoms with E-state index in [1.807, 2.05) is 20.8 Å². The first-order valence-corrected chi connectivity index (χ1v) is 8.16. The first kappa shape index (κ1) is 16.0. The lowest BCUT2D eigenvalue weighted by molar-refractivity contribution is 0.0916. The van der Waals surface area contributed by atoms with Crippen molar-refractivity contribution in [2.24, 2.45) is 0 Å². The first-order valence-electron chi connectivity index (χ1n) is 7.34. The average Bonchev–Trinajstić information content (AvgIpc) is 2.81. The van der Waals surface area contributed by atoms with Gasteiger partial charge in [0.2, 0.25) is 0 Å². The third kappa shape index (κ3) is 3.85. The number of aromatic nitrogens is 1. The summed E-state index contributed by atoms with van der Waals surface area (Å²) in [5.41, 5.74) is 5.70. The number of hydrogen-bond acceptors (Lipinski definition) is 6. The monoisotopic (exact) mass is 311 g/mol. The molecule has 1 aliphatic rings. The summed E-state index contributed by atoms with van der Waals surface area (Å²) >= 11 is 1.39. The molecular weight excluding hydrogens is 286 g/mol. The molecule has 1 amide bonds. The summed E-state index contributed by atoms with van der Waals surface area (Å²) in [5, 5.41) is 3.86. The SMILES string of the molecule is CCC(C)(C)NC(=O)c1sc(N2CCN(C)CC2)nc1N. The minimum absolute atomic E-state index is 0.128. The van der Waals surface area contributed by atoms with Crippen molar-refractivity contribution in [1.82, 2.24) is 15.2 Å². The summed E-state index contributed by atoms with van der Waals surface area (Å²) in [5.74, 6) is 0.204. The third-order valence-corrected chi connectivity index (χ3v) is 5.09. The maximum Gasteiger partial charge on any atom is 0.265 e. The van der Waals surface area contributed by atoms with Crippen LogP contribution in [-0.2, 0) is 0 Å². The van der Waals surface area contributed by atoms with Crippen LogP contribution in [0.4, 0.5) is 10.9 Å². The predicted octanol–water partition coefficient (Wildman–Crippen LogP) is 1.40. The Hall–Kier alpha value is -1.34. The van der Waals surface area contributed by atoms with E-state index in [0.29, 0.717) is 10.7 Å². The fourth-order valence-corrected chi connectivity index (χ4v) is 3.00. The molecule has 1 aromatic rings. The zero-order chi connectivity index (χ0) is 15.6. The largest absolute Gasteiger partial charge is 0.382 e. The molecule has 0 saturated carbocycles. The van der Waals surface area contributed by atoms with Crippen LogP contribution in [0.25, 0.3) is 0 Å². The molecular formula is C14H25N5OS. The Morgan fingerprint density at radius 2 is 2.00 bits per heavy atom. The van der Waals surface area contributed by atoms with Crippen LogP contribution >= 0.6 is 11.3 Å². The van der Waals surface area contributed by atoms with Crippen molar-refractivity contribution in [2.75, 3.05) is 43.9 Å². The van der Waals surface area contributed by atoms with E-state index < -0.39 is 0 Å². The summed E-state index contributed by atoms with van der Waals surface area (Å²) in [6, 6.07) is 0. The number of rotatable bonds is 4. The van der Waals surface area contributed by atoms with E-state index in [0.717, 1.165) is 37.7 Å². The molecule has 0 radical (unpaired) electrons. The topological polar surface area (TPSA) is 74.5 Å². The van der Waals surface area contributed by atoms with Gasteiger partial charge in [0.15, 0.2) is 5.13 Å². The smallest absolute Gasteiger partial charge is 0.265 e. The predicted molar refractivity (Wildman–Crippen MR) is 88.1 cm³/mol. The van der Waals surface area contributed by atoms with Crippen LogP contribution in [-0.4, -0.2) is 54.6 Å². The zero-order valence-electron chi connectivity index (χ0n) is 13.3. The van der Waals surface area contributed by atoms with Crippen molar-refractivity contribution in [2.45, 2.75) is 32.7 Å². The van der Waals surface area contributed by atoms with Gasteiger partial charge in [0.05, 0.1) is 0 Å². The lowest BCUT2D eigenvalue weighted by Crippen LogP contribution is -2.44. The van der Waals surface area contributed by atoms with E-state index >= 15 is 0 Å². The number of nitrogens with zero attached hydrogens (tertiary/aromatic N) is 3. The van der Waals surface area contributed by atoms with Crippen molar-refractivity contribution in [3.8, 4) is 0 Å². The number of likely N-dealkylation sites (N-methyl/N-ethyl adjacent to an activating group) is 1. The minimum atomic E-state index is -0.235. The number of amides is 1. The number of nitrogens with one attached hydrogen (secondary N) is 1. The standard InChI is InChI=1S/C14H25N5OS/c1-5-14(2,3)17-12(20)10-11(15)16-13(21-10)19-8-6-18(4)7-9-19/h5-9,15H2,1-4H3,(H,17,20). The Bertz CT molecular complexity index is 505. The van der Waals surface area contributed by atoms with Gasteiger partial charge in [0, 0.05) is 31.7 Å². The van der Waals surface area contributed by atoms with Gasteiger partial charge in [-0.05, 0) is 27.3 Å². The molecule has 6 nitrogen and oxygen atoms in total. The van der Waals surface area contributed by atoms with Gasteiger partial charge in [-0.15, -0.1) is 0 Å². The van der Waals surface area contributed by atoms with Crippen molar-refractivity contribution in [3.63, 3.8) is 0 Å². The molecule has 0 unspecified atom stereocenters. The van der Waals surface area contributed by atoms with E-state index in [-0.39, 0.29) is 11.4 Å². The number of carbonyl (C=O) groups excluding carboxylic acids is 1. The van der Waals surface area contributed by atoms with Gasteiger partial charge in [0.25, 0.3) is 5.91 Å². The van der Waals surface area contributed by atoms with Crippen molar-refractivity contribution in [3.05, 3.63) is 4.88 Å². The highest BCUT2D eigenvalue weighted by Gasteiger charge is 2.25. The molecule has 1 saturated heterocycles. The molecule has 0 aliphatic carbocycles. The molecule has 0 bridgehead atoms. The molecule has 2 rings (SSSR count). The van der Waals surface area contributed by atoms with Crippen molar-refractivity contribution < 1.29 is 4.79 Å². The van der Waals surface area contributed by atoms with E-state index in [1.165, 1.54) is 11.3 Å². The highest BCUT2D eigenvalue weighted by atomic mass is 32.1. The Kier molecular flexibility index (Phi) is 4.73. The molecule has 7 heteroatoms. The van der Waals surface area contributed by atoms with Crippen molar-refractivity contribution in [1.29, 1.82) is 0 Å². The normalized spacial score (nSPS) is 17.0. The summed E-state index contributed by atoms with van der Waals surface area (Å²) in [6.45, 7) is 9.91. The first-order chi connectivity index (χ1) is 9.82. The molecule has 2 heterocycles. The van der Waals surface area contributed by atoms with E-state index in [9.17, 15) is 4.79 Å². The molecule has 1 fully saturated rings. The lowest BCUT2D eigenvalue weighted by Gasteiger charge is -2.32. The molecule has 21 heavy (non-hydrogen) atoms. The van der Waals surface area contributed by atoms with Crippen LogP contribution in [0.5, 0.6) is 0 Å². The highest BCUT2D eigenvalue weighted by molar-refractivity contribution is 7.18. The molecule has 1 aliphatic heterocycles. The van der Waals surface area contributed by atoms with Crippen LogP contribution in [0.15, 0.2) is 0 Å². The van der Waals surface area contributed by atoms with Gasteiger partial charge < -0.3 is 20.9 Å². The van der Waals surface area contributed by atoms with Crippen LogP contribution in [0.1, 0.15) is 36.9 Å². The van der Waals surface area contributed by atoms with Gasteiger partial charge in [-0.3, -0.25) is 4.79 Å². The Labute approximate surface area is 130 Å². The summed E-state index contributed by atoms with van der Waals surface area (Å²) in [6.07, 6.45) is 0.864. The molecule has 0 spiro atoms. The Balaban J connectivity index is 2.10. The third-order valence-electron chi connectivity index (χ3n) is 3.96. The van der Waals surface area contributed by atoms with Gasteiger partial charge >= 0.3 is 0 Å².